The van der Waals surface area contributed by atoms with E-state index in [1.54, 1.807) is 0 Å². The van der Waals surface area contributed by atoms with Gasteiger partial charge in [0.25, 0.3) is 0 Å². The van der Waals surface area contributed by atoms with Crippen LogP contribution in [-0.2, 0) is 56.5 Å². The molecule has 264 valence electrons. The standard InChI is InChI=1S/C42H44ClN3O5/c43-36-22-21-34(23-35(36)24-38(44)46-45)39-41(49-27-32-17-9-3-10-18-32)42(50-28-33-19-11-4-12-20-33)40(48-26-31-15-7-2-8-16-31)37(51-39)29-47-25-30-13-5-1-6-14-30/h1-23,37,39-42H,24-29,45H2,(H2,44,46)/t37-,39+,40-,41+,42+/m1/s1. The van der Waals surface area contributed by atoms with Gasteiger partial charge in [-0.2, -0.15) is 5.10 Å². The SMILES string of the molecule is N/N=C(/N)Cc1cc([C@@H]2O[C@H](COCc3ccccc3)[C@@H](OCc3ccccc3)[C@H](OCc3ccccc3)[C@H]2OCc2ccccc2)ccc1Cl. The van der Waals surface area contributed by atoms with Crippen LogP contribution in [0.5, 0.6) is 0 Å². The van der Waals surface area contributed by atoms with Gasteiger partial charge in [0.05, 0.1) is 33.0 Å². The fourth-order valence-corrected chi connectivity index (χ4v) is 6.39. The van der Waals surface area contributed by atoms with Crippen LogP contribution < -0.4 is 11.6 Å². The summed E-state index contributed by atoms with van der Waals surface area (Å²) in [4.78, 5) is 0. The van der Waals surface area contributed by atoms with E-state index in [0.717, 1.165) is 33.4 Å². The zero-order chi connectivity index (χ0) is 35.3. The van der Waals surface area contributed by atoms with E-state index in [9.17, 15) is 0 Å². The number of ether oxygens (including phenoxy) is 5. The van der Waals surface area contributed by atoms with E-state index >= 15 is 0 Å². The van der Waals surface area contributed by atoms with Crippen molar-refractivity contribution in [2.75, 3.05) is 6.61 Å². The zero-order valence-corrected chi connectivity index (χ0v) is 29.2. The summed E-state index contributed by atoms with van der Waals surface area (Å²) in [5, 5.41) is 4.21. The number of nitrogens with two attached hydrogens (primary N) is 2. The molecule has 0 saturated carbocycles. The highest BCUT2D eigenvalue weighted by Gasteiger charge is 2.49. The molecule has 9 heteroatoms. The number of hydrogen-bond acceptors (Lipinski definition) is 7. The van der Waals surface area contributed by atoms with Crippen LogP contribution >= 0.6 is 11.6 Å². The van der Waals surface area contributed by atoms with Crippen LogP contribution in [0.25, 0.3) is 0 Å². The number of rotatable bonds is 16. The maximum absolute atomic E-state index is 7.04. The quantitative estimate of drug-likeness (QED) is 0.0473. The first-order valence-corrected chi connectivity index (χ1v) is 17.5. The minimum Gasteiger partial charge on any atom is -0.385 e. The Balaban J connectivity index is 1.38. The first-order valence-electron chi connectivity index (χ1n) is 17.1. The molecular formula is C42H44ClN3O5. The molecule has 0 radical (unpaired) electrons. The van der Waals surface area contributed by atoms with Crippen molar-refractivity contribution < 1.29 is 23.7 Å². The van der Waals surface area contributed by atoms with Crippen LogP contribution in [0.4, 0.5) is 0 Å². The Labute approximate surface area is 304 Å². The fraction of sp³-hybridized carbons (Fsp3) is 0.262. The third kappa shape index (κ3) is 10.3. The number of halogens is 1. The second-order valence-corrected chi connectivity index (χ2v) is 12.9. The maximum Gasteiger partial charge on any atom is 0.123 e. The van der Waals surface area contributed by atoms with Crippen molar-refractivity contribution in [2.45, 2.75) is 63.4 Å². The highest BCUT2D eigenvalue weighted by Crippen LogP contribution is 2.39. The largest absolute Gasteiger partial charge is 0.385 e. The molecule has 4 N–H and O–H groups in total. The fourth-order valence-electron chi connectivity index (χ4n) is 6.21. The van der Waals surface area contributed by atoms with Gasteiger partial charge in [-0.15, -0.1) is 0 Å². The van der Waals surface area contributed by atoms with Crippen LogP contribution in [0, 0.1) is 0 Å². The summed E-state index contributed by atoms with van der Waals surface area (Å²) >= 11 is 6.65. The lowest BCUT2D eigenvalue weighted by atomic mass is 9.89. The van der Waals surface area contributed by atoms with Gasteiger partial charge in [0, 0.05) is 11.4 Å². The van der Waals surface area contributed by atoms with Crippen molar-refractivity contribution in [3.63, 3.8) is 0 Å². The van der Waals surface area contributed by atoms with Gasteiger partial charge in [-0.05, 0) is 39.4 Å². The number of hydrogen-bond donors (Lipinski definition) is 2. The van der Waals surface area contributed by atoms with E-state index in [1.807, 2.05) is 140 Å². The molecule has 5 aromatic carbocycles. The van der Waals surface area contributed by atoms with Crippen LogP contribution in [-0.4, -0.2) is 36.9 Å². The van der Waals surface area contributed by atoms with Crippen LogP contribution in [0.15, 0.2) is 145 Å². The molecule has 0 amide bonds. The Morgan fingerprint density at radius 3 is 1.59 bits per heavy atom. The Kier molecular flexibility index (Phi) is 13.2. The molecule has 0 unspecified atom stereocenters. The molecule has 51 heavy (non-hydrogen) atoms. The molecule has 1 aliphatic rings. The number of hydrazone groups is 1. The van der Waals surface area contributed by atoms with Crippen LogP contribution in [0.2, 0.25) is 5.02 Å². The number of nitrogens with zero attached hydrogens (tertiary/aromatic N) is 1. The maximum atomic E-state index is 7.04. The predicted octanol–water partition coefficient (Wildman–Crippen LogP) is 7.53. The average Bonchev–Trinajstić information content (AvgIpc) is 3.18. The van der Waals surface area contributed by atoms with Crippen molar-refractivity contribution in [3.05, 3.63) is 178 Å². The number of amidine groups is 1. The van der Waals surface area contributed by atoms with Crippen molar-refractivity contribution in [2.24, 2.45) is 16.7 Å². The zero-order valence-electron chi connectivity index (χ0n) is 28.4. The molecule has 1 heterocycles. The molecule has 5 aromatic rings. The highest BCUT2D eigenvalue weighted by atomic mass is 35.5. The molecule has 0 bridgehead atoms. The Morgan fingerprint density at radius 2 is 1.08 bits per heavy atom. The third-order valence-corrected chi connectivity index (χ3v) is 9.19. The minimum atomic E-state index is -0.588. The van der Waals surface area contributed by atoms with Gasteiger partial charge in [0.15, 0.2) is 0 Å². The van der Waals surface area contributed by atoms with Crippen molar-refractivity contribution >= 4 is 17.4 Å². The minimum absolute atomic E-state index is 0.259. The molecule has 6 rings (SSSR count). The lowest BCUT2D eigenvalue weighted by molar-refractivity contribution is -0.275. The van der Waals surface area contributed by atoms with Gasteiger partial charge >= 0.3 is 0 Å². The van der Waals surface area contributed by atoms with Crippen molar-refractivity contribution in [3.8, 4) is 0 Å². The predicted molar refractivity (Wildman–Crippen MR) is 200 cm³/mol. The topological polar surface area (TPSA) is 111 Å². The van der Waals surface area contributed by atoms with Gasteiger partial charge in [-0.3, -0.25) is 0 Å². The molecular weight excluding hydrogens is 662 g/mol. The second kappa shape index (κ2) is 18.6. The summed E-state index contributed by atoms with van der Waals surface area (Å²) in [6.45, 7) is 1.72. The molecule has 1 aliphatic heterocycles. The van der Waals surface area contributed by atoms with Gasteiger partial charge < -0.3 is 35.3 Å². The first-order chi connectivity index (χ1) is 25.1. The summed E-state index contributed by atoms with van der Waals surface area (Å²) in [5.74, 6) is 5.76. The summed E-state index contributed by atoms with van der Waals surface area (Å²) < 4.78 is 33.9. The monoisotopic (exact) mass is 705 g/mol. The molecule has 8 nitrogen and oxygen atoms in total. The van der Waals surface area contributed by atoms with Crippen molar-refractivity contribution in [1.82, 2.24) is 0 Å². The summed E-state index contributed by atoms with van der Waals surface area (Å²) in [7, 11) is 0. The summed E-state index contributed by atoms with van der Waals surface area (Å²) in [6, 6.07) is 46.1. The number of benzene rings is 5. The highest BCUT2D eigenvalue weighted by molar-refractivity contribution is 6.31. The normalized spacial score (nSPS) is 20.6. The molecule has 1 saturated heterocycles. The van der Waals surface area contributed by atoms with Gasteiger partial charge in [-0.25, -0.2) is 0 Å². The van der Waals surface area contributed by atoms with Crippen LogP contribution in [0.1, 0.15) is 39.5 Å². The van der Waals surface area contributed by atoms with E-state index in [4.69, 9.17) is 46.9 Å². The smallest absolute Gasteiger partial charge is 0.123 e. The van der Waals surface area contributed by atoms with E-state index in [1.165, 1.54) is 0 Å². The van der Waals surface area contributed by atoms with Crippen molar-refractivity contribution in [1.29, 1.82) is 0 Å². The van der Waals surface area contributed by atoms with Gasteiger partial charge in [-0.1, -0.05) is 145 Å². The third-order valence-electron chi connectivity index (χ3n) is 8.82. The average molecular weight is 706 g/mol. The molecule has 1 fully saturated rings. The van der Waals surface area contributed by atoms with Gasteiger partial charge in [0.2, 0.25) is 0 Å². The summed E-state index contributed by atoms with van der Waals surface area (Å²) in [6.07, 6.45) is -2.51. The van der Waals surface area contributed by atoms with Gasteiger partial charge in [0.1, 0.15) is 36.4 Å². The van der Waals surface area contributed by atoms with E-state index in [0.29, 0.717) is 31.5 Å². The molecule has 0 aromatic heterocycles. The Hall–Kier alpha value is -4.54. The summed E-state index contributed by atoms with van der Waals surface area (Å²) in [5.41, 5.74) is 11.8. The lowest BCUT2D eigenvalue weighted by Crippen LogP contribution is -2.58. The first kappa shape index (κ1) is 36.3. The van der Waals surface area contributed by atoms with Crippen LogP contribution in [0.3, 0.4) is 0 Å². The van der Waals surface area contributed by atoms with E-state index in [-0.39, 0.29) is 18.9 Å². The van der Waals surface area contributed by atoms with E-state index < -0.39 is 30.5 Å². The Bertz CT molecular complexity index is 1800. The lowest BCUT2D eigenvalue weighted by Gasteiger charge is -2.46. The second-order valence-electron chi connectivity index (χ2n) is 12.5. The Morgan fingerprint density at radius 1 is 0.608 bits per heavy atom. The molecule has 0 spiro atoms. The molecule has 5 atom stereocenters. The molecule has 0 aliphatic carbocycles. The van der Waals surface area contributed by atoms with E-state index in [2.05, 4.69) is 5.10 Å².